The van der Waals surface area contributed by atoms with Gasteiger partial charge in [0.2, 0.25) is 0 Å². The monoisotopic (exact) mass is 193 g/mol. The van der Waals surface area contributed by atoms with Crippen molar-refractivity contribution in [1.82, 2.24) is 19.5 Å². The zero-order valence-corrected chi connectivity index (χ0v) is 7.84. The number of hydrogen-bond donors (Lipinski definition) is 1. The number of nitrogen functional groups attached to an aromatic ring is 1. The van der Waals surface area contributed by atoms with Crippen LogP contribution in [-0.2, 0) is 11.5 Å². The van der Waals surface area contributed by atoms with Crippen LogP contribution in [-0.4, -0.2) is 26.1 Å². The highest BCUT2D eigenvalue weighted by Gasteiger charge is 2.06. The van der Waals surface area contributed by atoms with Gasteiger partial charge in [0, 0.05) is 6.61 Å². The molecule has 2 N–H and O–H groups in total. The van der Waals surface area contributed by atoms with Crippen molar-refractivity contribution in [2.45, 2.75) is 13.7 Å². The van der Waals surface area contributed by atoms with Gasteiger partial charge in [-0.2, -0.15) is 0 Å². The van der Waals surface area contributed by atoms with E-state index < -0.39 is 0 Å². The number of anilines is 1. The number of rotatable bonds is 3. The Hall–Kier alpha value is -1.69. The quantitative estimate of drug-likeness (QED) is 0.763. The van der Waals surface area contributed by atoms with Crippen LogP contribution in [0.5, 0.6) is 0 Å². The molecule has 0 bridgehead atoms. The molecule has 0 atom stereocenters. The van der Waals surface area contributed by atoms with Gasteiger partial charge in [-0.1, -0.05) is 0 Å². The second-order valence-corrected chi connectivity index (χ2v) is 2.77. The van der Waals surface area contributed by atoms with Crippen LogP contribution in [0.25, 0.3) is 11.2 Å². The van der Waals surface area contributed by atoms with E-state index in [1.54, 1.807) is 10.9 Å². The normalized spacial score (nSPS) is 10.9. The molecule has 0 fully saturated rings. The summed E-state index contributed by atoms with van der Waals surface area (Å²) >= 11 is 0. The van der Waals surface area contributed by atoms with Gasteiger partial charge in [0.1, 0.15) is 18.6 Å². The molecule has 0 aliphatic carbocycles. The third-order valence-corrected chi connectivity index (χ3v) is 1.86. The Kier molecular flexibility index (Phi) is 2.28. The van der Waals surface area contributed by atoms with E-state index in [2.05, 4.69) is 15.0 Å². The van der Waals surface area contributed by atoms with Crippen LogP contribution in [0.1, 0.15) is 6.92 Å². The highest BCUT2D eigenvalue weighted by molar-refractivity contribution is 5.80. The summed E-state index contributed by atoms with van der Waals surface area (Å²) in [6, 6.07) is 0. The van der Waals surface area contributed by atoms with Gasteiger partial charge in [0.15, 0.2) is 11.5 Å². The summed E-state index contributed by atoms with van der Waals surface area (Å²) in [5, 5.41) is 0. The Balaban J connectivity index is 2.42. The zero-order chi connectivity index (χ0) is 9.97. The number of imidazole rings is 1. The number of hydrogen-bond acceptors (Lipinski definition) is 5. The van der Waals surface area contributed by atoms with Crippen molar-refractivity contribution in [3.63, 3.8) is 0 Å². The molecule has 2 rings (SSSR count). The number of nitrogens with two attached hydrogens (primary N) is 1. The van der Waals surface area contributed by atoms with E-state index in [-0.39, 0.29) is 0 Å². The van der Waals surface area contributed by atoms with Crippen LogP contribution >= 0.6 is 0 Å². The van der Waals surface area contributed by atoms with Crippen molar-refractivity contribution in [3.8, 4) is 0 Å². The Bertz CT molecular complexity index is 438. The smallest absolute Gasteiger partial charge is 0.167 e. The van der Waals surface area contributed by atoms with E-state index in [9.17, 15) is 0 Å². The summed E-state index contributed by atoms with van der Waals surface area (Å²) < 4.78 is 7.04. The van der Waals surface area contributed by atoms with Crippen LogP contribution < -0.4 is 5.73 Å². The van der Waals surface area contributed by atoms with Crippen LogP contribution in [0.3, 0.4) is 0 Å². The minimum absolute atomic E-state index is 0.394. The third kappa shape index (κ3) is 1.39. The predicted octanol–water partition coefficient (Wildman–Crippen LogP) is 0.402. The summed E-state index contributed by atoms with van der Waals surface area (Å²) in [6.07, 6.45) is 3.06. The van der Waals surface area contributed by atoms with Crippen molar-refractivity contribution in [2.24, 2.45) is 0 Å². The van der Waals surface area contributed by atoms with E-state index in [1.807, 2.05) is 6.92 Å². The molecule has 0 radical (unpaired) electrons. The van der Waals surface area contributed by atoms with Gasteiger partial charge in [-0.25, -0.2) is 15.0 Å². The first-order chi connectivity index (χ1) is 6.83. The van der Waals surface area contributed by atoms with Crippen molar-refractivity contribution in [1.29, 1.82) is 0 Å². The number of ether oxygens (including phenoxy) is 1. The Morgan fingerprint density at radius 2 is 2.29 bits per heavy atom. The molecule has 0 aromatic carbocycles. The molecular formula is C8H11N5O. The van der Waals surface area contributed by atoms with E-state index in [0.29, 0.717) is 30.3 Å². The lowest BCUT2D eigenvalue weighted by molar-refractivity contribution is 0.0901. The summed E-state index contributed by atoms with van der Waals surface area (Å²) in [5.74, 6) is 0.394. The van der Waals surface area contributed by atoms with Gasteiger partial charge in [-0.3, -0.25) is 4.57 Å². The molecule has 0 aliphatic rings. The number of nitrogens with zero attached hydrogens (tertiary/aromatic N) is 4. The first-order valence-electron chi connectivity index (χ1n) is 4.32. The van der Waals surface area contributed by atoms with E-state index >= 15 is 0 Å². The number of fused-ring (bicyclic) bond motifs is 1. The van der Waals surface area contributed by atoms with Crippen molar-refractivity contribution in [2.75, 3.05) is 12.3 Å². The molecule has 14 heavy (non-hydrogen) atoms. The molecule has 74 valence electrons. The maximum atomic E-state index is 5.63. The second-order valence-electron chi connectivity index (χ2n) is 2.77. The standard InChI is InChI=1S/C8H11N5O/c1-2-14-5-13-4-12-6-7(9)10-3-11-8(6)13/h3-4H,2,5H2,1H3,(H2,9,10,11). The summed E-state index contributed by atoms with van der Waals surface area (Å²) in [4.78, 5) is 12.0. The van der Waals surface area contributed by atoms with Crippen LogP contribution in [0.2, 0.25) is 0 Å². The molecule has 2 aromatic rings. The highest BCUT2D eigenvalue weighted by Crippen LogP contribution is 2.13. The second kappa shape index (κ2) is 3.59. The van der Waals surface area contributed by atoms with Crippen LogP contribution in [0, 0.1) is 0 Å². The molecule has 0 saturated heterocycles. The lowest BCUT2D eigenvalue weighted by Gasteiger charge is -2.02. The molecule has 0 saturated carbocycles. The molecule has 0 unspecified atom stereocenters. The van der Waals surface area contributed by atoms with Crippen LogP contribution in [0.15, 0.2) is 12.7 Å². The Morgan fingerprint density at radius 3 is 3.07 bits per heavy atom. The Labute approximate surface area is 80.7 Å². The topological polar surface area (TPSA) is 78.9 Å². The van der Waals surface area contributed by atoms with Gasteiger partial charge in [0.25, 0.3) is 0 Å². The van der Waals surface area contributed by atoms with Gasteiger partial charge in [-0.15, -0.1) is 0 Å². The largest absolute Gasteiger partial charge is 0.382 e. The van der Waals surface area contributed by atoms with Crippen molar-refractivity contribution < 1.29 is 4.74 Å². The molecule has 6 nitrogen and oxygen atoms in total. The molecular weight excluding hydrogens is 182 g/mol. The maximum absolute atomic E-state index is 5.63. The predicted molar refractivity (Wildman–Crippen MR) is 51.4 cm³/mol. The fraction of sp³-hybridized carbons (Fsp3) is 0.375. The minimum atomic E-state index is 0.394. The van der Waals surface area contributed by atoms with Crippen LogP contribution in [0.4, 0.5) is 5.82 Å². The first-order valence-corrected chi connectivity index (χ1v) is 4.32. The molecule has 6 heteroatoms. The average Bonchev–Trinajstić information content (AvgIpc) is 2.60. The summed E-state index contributed by atoms with van der Waals surface area (Å²) in [5.41, 5.74) is 6.95. The third-order valence-electron chi connectivity index (χ3n) is 1.86. The lowest BCUT2D eigenvalue weighted by atomic mass is 10.5. The van der Waals surface area contributed by atoms with Gasteiger partial charge in [0.05, 0.1) is 6.33 Å². The molecule has 0 amide bonds. The van der Waals surface area contributed by atoms with E-state index in [1.165, 1.54) is 6.33 Å². The summed E-state index contributed by atoms with van der Waals surface area (Å²) in [7, 11) is 0. The SMILES string of the molecule is CCOCn1cnc2c(N)ncnc21. The fourth-order valence-corrected chi connectivity index (χ4v) is 1.18. The molecule has 0 spiro atoms. The highest BCUT2D eigenvalue weighted by atomic mass is 16.5. The zero-order valence-electron chi connectivity index (χ0n) is 7.84. The van der Waals surface area contributed by atoms with Gasteiger partial charge < -0.3 is 10.5 Å². The van der Waals surface area contributed by atoms with Crippen molar-refractivity contribution in [3.05, 3.63) is 12.7 Å². The average molecular weight is 193 g/mol. The van der Waals surface area contributed by atoms with Gasteiger partial charge in [-0.05, 0) is 6.92 Å². The maximum Gasteiger partial charge on any atom is 0.167 e. The molecule has 2 aromatic heterocycles. The lowest BCUT2D eigenvalue weighted by Crippen LogP contribution is -2.02. The fourth-order valence-electron chi connectivity index (χ4n) is 1.18. The van der Waals surface area contributed by atoms with Gasteiger partial charge >= 0.3 is 0 Å². The minimum Gasteiger partial charge on any atom is -0.382 e. The van der Waals surface area contributed by atoms with E-state index in [0.717, 1.165) is 0 Å². The molecule has 2 heterocycles. The molecule has 0 aliphatic heterocycles. The first kappa shape index (κ1) is 8.89. The summed E-state index contributed by atoms with van der Waals surface area (Å²) in [6.45, 7) is 3.02. The van der Waals surface area contributed by atoms with Crippen molar-refractivity contribution >= 4 is 17.0 Å². The number of aromatic nitrogens is 4. The Morgan fingerprint density at radius 1 is 1.43 bits per heavy atom. The van der Waals surface area contributed by atoms with E-state index in [4.69, 9.17) is 10.5 Å².